The molecule has 2 rings (SSSR count). The highest BCUT2D eigenvalue weighted by molar-refractivity contribution is 5.47. The minimum absolute atomic E-state index is 0.121. The first-order valence-electron chi connectivity index (χ1n) is 6.06. The summed E-state index contributed by atoms with van der Waals surface area (Å²) in [5.41, 5.74) is 0.911. The molecule has 2 aromatic rings. The van der Waals surface area contributed by atoms with Crippen LogP contribution in [0.5, 0.6) is 5.75 Å². The van der Waals surface area contributed by atoms with Crippen LogP contribution in [0.15, 0.2) is 36.4 Å². The number of hydrogen-bond acceptors (Lipinski definition) is 2. The number of anilines is 1. The van der Waals surface area contributed by atoms with E-state index >= 15 is 0 Å². The molecule has 0 bridgehead atoms. The molecule has 0 saturated carbocycles. The average molecular weight is 281 g/mol. The third-order valence-corrected chi connectivity index (χ3v) is 2.98. The summed E-state index contributed by atoms with van der Waals surface area (Å²) >= 11 is 0. The molecule has 20 heavy (non-hydrogen) atoms. The van der Waals surface area contributed by atoms with Crippen molar-refractivity contribution in [2.45, 2.75) is 13.0 Å². The van der Waals surface area contributed by atoms with Gasteiger partial charge < -0.3 is 10.1 Å². The molecule has 0 radical (unpaired) electrons. The van der Waals surface area contributed by atoms with Gasteiger partial charge in [-0.2, -0.15) is 0 Å². The second-order valence-corrected chi connectivity index (χ2v) is 4.38. The van der Waals surface area contributed by atoms with Gasteiger partial charge in [0.15, 0.2) is 11.6 Å². The van der Waals surface area contributed by atoms with Crippen molar-refractivity contribution in [2.24, 2.45) is 0 Å². The van der Waals surface area contributed by atoms with Crippen LogP contribution in [-0.2, 0) is 0 Å². The highest BCUT2D eigenvalue weighted by Gasteiger charge is 2.12. The van der Waals surface area contributed by atoms with Gasteiger partial charge in [0.1, 0.15) is 11.6 Å². The van der Waals surface area contributed by atoms with E-state index < -0.39 is 17.5 Å². The Morgan fingerprint density at radius 1 is 1.00 bits per heavy atom. The van der Waals surface area contributed by atoms with Gasteiger partial charge in [0.25, 0.3) is 0 Å². The molecule has 1 N–H and O–H groups in total. The number of methoxy groups -OCH3 is 1. The quantitative estimate of drug-likeness (QED) is 0.902. The SMILES string of the molecule is COc1cc(C(C)Nc2ccc(F)cc2F)ccc1F. The zero-order valence-electron chi connectivity index (χ0n) is 11.1. The van der Waals surface area contributed by atoms with Gasteiger partial charge in [-0.05, 0) is 36.8 Å². The van der Waals surface area contributed by atoms with E-state index in [1.807, 2.05) is 0 Å². The Balaban J connectivity index is 2.21. The summed E-state index contributed by atoms with van der Waals surface area (Å²) in [6.07, 6.45) is 0. The summed E-state index contributed by atoms with van der Waals surface area (Å²) in [5.74, 6) is -1.65. The van der Waals surface area contributed by atoms with E-state index in [2.05, 4.69) is 5.32 Å². The minimum atomic E-state index is -0.675. The molecule has 0 spiro atoms. The summed E-state index contributed by atoms with van der Waals surface area (Å²) in [7, 11) is 1.37. The van der Waals surface area contributed by atoms with Gasteiger partial charge in [-0.15, -0.1) is 0 Å². The van der Waals surface area contributed by atoms with E-state index in [1.54, 1.807) is 13.0 Å². The summed E-state index contributed by atoms with van der Waals surface area (Å²) in [4.78, 5) is 0. The fourth-order valence-electron chi connectivity index (χ4n) is 1.87. The maximum Gasteiger partial charge on any atom is 0.165 e. The lowest BCUT2D eigenvalue weighted by molar-refractivity contribution is 0.385. The smallest absolute Gasteiger partial charge is 0.165 e. The van der Waals surface area contributed by atoms with Crippen molar-refractivity contribution >= 4 is 5.69 Å². The number of rotatable bonds is 4. The fraction of sp³-hybridized carbons (Fsp3) is 0.200. The molecule has 1 unspecified atom stereocenters. The van der Waals surface area contributed by atoms with Crippen LogP contribution >= 0.6 is 0 Å². The lowest BCUT2D eigenvalue weighted by Crippen LogP contribution is -2.08. The molecular weight excluding hydrogens is 267 g/mol. The molecule has 0 aliphatic carbocycles. The van der Waals surface area contributed by atoms with Crippen LogP contribution in [0.1, 0.15) is 18.5 Å². The van der Waals surface area contributed by atoms with Gasteiger partial charge in [-0.25, -0.2) is 13.2 Å². The Kier molecular flexibility index (Phi) is 4.17. The van der Waals surface area contributed by atoms with Crippen molar-refractivity contribution < 1.29 is 17.9 Å². The number of hydrogen-bond donors (Lipinski definition) is 1. The predicted octanol–water partition coefficient (Wildman–Crippen LogP) is 4.29. The van der Waals surface area contributed by atoms with Crippen molar-refractivity contribution in [3.8, 4) is 5.75 Å². The van der Waals surface area contributed by atoms with Gasteiger partial charge >= 0.3 is 0 Å². The summed E-state index contributed by atoms with van der Waals surface area (Å²) in [6.45, 7) is 1.79. The van der Waals surface area contributed by atoms with Crippen molar-refractivity contribution in [3.63, 3.8) is 0 Å². The Morgan fingerprint density at radius 3 is 2.40 bits per heavy atom. The van der Waals surface area contributed by atoms with E-state index in [4.69, 9.17) is 4.74 Å². The maximum atomic E-state index is 13.5. The first kappa shape index (κ1) is 14.2. The minimum Gasteiger partial charge on any atom is -0.494 e. The van der Waals surface area contributed by atoms with Crippen molar-refractivity contribution in [3.05, 3.63) is 59.4 Å². The molecule has 0 heterocycles. The lowest BCUT2D eigenvalue weighted by atomic mass is 10.1. The zero-order chi connectivity index (χ0) is 14.7. The van der Waals surface area contributed by atoms with E-state index in [-0.39, 0.29) is 17.5 Å². The summed E-state index contributed by atoms with van der Waals surface area (Å²) < 4.78 is 44.6. The Morgan fingerprint density at radius 2 is 1.75 bits per heavy atom. The number of benzene rings is 2. The highest BCUT2D eigenvalue weighted by Crippen LogP contribution is 2.26. The van der Waals surface area contributed by atoms with Gasteiger partial charge in [0.05, 0.1) is 12.8 Å². The molecule has 106 valence electrons. The normalized spacial score (nSPS) is 12.1. The predicted molar refractivity (Wildman–Crippen MR) is 71.3 cm³/mol. The van der Waals surface area contributed by atoms with Gasteiger partial charge in [0.2, 0.25) is 0 Å². The lowest BCUT2D eigenvalue weighted by Gasteiger charge is -2.17. The molecule has 0 fully saturated rings. The van der Waals surface area contributed by atoms with Crippen molar-refractivity contribution in [2.75, 3.05) is 12.4 Å². The Bertz CT molecular complexity index is 616. The maximum absolute atomic E-state index is 13.5. The molecule has 0 saturated heterocycles. The number of ether oxygens (including phenoxy) is 1. The van der Waals surface area contributed by atoms with Crippen LogP contribution in [0.4, 0.5) is 18.9 Å². The second-order valence-electron chi connectivity index (χ2n) is 4.38. The summed E-state index contributed by atoms with van der Waals surface area (Å²) in [5, 5.41) is 2.90. The van der Waals surface area contributed by atoms with Crippen LogP contribution in [0, 0.1) is 17.5 Å². The first-order valence-corrected chi connectivity index (χ1v) is 6.06. The molecular formula is C15H14F3NO. The van der Waals surface area contributed by atoms with Crippen LogP contribution in [0.2, 0.25) is 0 Å². The number of nitrogens with one attached hydrogen (secondary N) is 1. The van der Waals surface area contributed by atoms with E-state index in [0.29, 0.717) is 0 Å². The van der Waals surface area contributed by atoms with Crippen LogP contribution < -0.4 is 10.1 Å². The van der Waals surface area contributed by atoms with Crippen LogP contribution in [-0.4, -0.2) is 7.11 Å². The Hall–Kier alpha value is -2.17. The average Bonchev–Trinajstić information content (AvgIpc) is 2.42. The zero-order valence-corrected chi connectivity index (χ0v) is 11.1. The van der Waals surface area contributed by atoms with Gasteiger partial charge in [-0.1, -0.05) is 6.07 Å². The topological polar surface area (TPSA) is 21.3 Å². The van der Waals surface area contributed by atoms with Crippen LogP contribution in [0.25, 0.3) is 0 Å². The van der Waals surface area contributed by atoms with E-state index in [1.165, 1.54) is 31.4 Å². The molecule has 1 atom stereocenters. The van der Waals surface area contributed by atoms with Crippen LogP contribution in [0.3, 0.4) is 0 Å². The van der Waals surface area contributed by atoms with Gasteiger partial charge in [0, 0.05) is 12.1 Å². The second kappa shape index (κ2) is 5.86. The molecule has 5 heteroatoms. The van der Waals surface area contributed by atoms with E-state index in [9.17, 15) is 13.2 Å². The Labute approximate surface area is 115 Å². The highest BCUT2D eigenvalue weighted by atomic mass is 19.1. The standard InChI is InChI=1S/C15H14F3NO/c1-9(10-3-5-12(17)15(7-10)20-2)19-14-6-4-11(16)8-13(14)18/h3-9,19H,1-2H3. The third kappa shape index (κ3) is 3.04. The largest absolute Gasteiger partial charge is 0.494 e. The third-order valence-electron chi connectivity index (χ3n) is 2.98. The fourth-order valence-corrected chi connectivity index (χ4v) is 1.87. The molecule has 0 amide bonds. The summed E-state index contributed by atoms with van der Waals surface area (Å²) in [6, 6.07) is 7.41. The molecule has 2 aromatic carbocycles. The van der Waals surface area contributed by atoms with E-state index in [0.717, 1.165) is 11.6 Å². The monoisotopic (exact) mass is 281 g/mol. The molecule has 0 aromatic heterocycles. The molecule has 0 aliphatic heterocycles. The van der Waals surface area contributed by atoms with Gasteiger partial charge in [-0.3, -0.25) is 0 Å². The molecule has 2 nitrogen and oxygen atoms in total. The first-order chi connectivity index (χ1) is 9.51. The molecule has 0 aliphatic rings. The number of halogens is 3. The van der Waals surface area contributed by atoms with Crippen molar-refractivity contribution in [1.82, 2.24) is 0 Å². The van der Waals surface area contributed by atoms with Crippen molar-refractivity contribution in [1.29, 1.82) is 0 Å².